The first-order chi connectivity index (χ1) is 10.00. The van der Waals surface area contributed by atoms with Gasteiger partial charge in [0.25, 0.3) is 0 Å². The van der Waals surface area contributed by atoms with Crippen molar-refractivity contribution in [3.63, 3.8) is 0 Å². The fourth-order valence-corrected chi connectivity index (χ4v) is 4.32. The molecule has 0 aliphatic carbocycles. The Bertz CT molecular complexity index is 562. The maximum Gasteiger partial charge on any atom is 0.151 e. The van der Waals surface area contributed by atoms with E-state index in [1.165, 1.54) is 0 Å². The van der Waals surface area contributed by atoms with E-state index in [1.807, 2.05) is 25.1 Å². The van der Waals surface area contributed by atoms with Crippen molar-refractivity contribution < 1.29 is 13.2 Å². The highest BCUT2D eigenvalue weighted by atomic mass is 35.5. The predicted molar refractivity (Wildman–Crippen MR) is 85.8 cm³/mol. The van der Waals surface area contributed by atoms with E-state index in [9.17, 15) is 8.42 Å². The SMILES string of the molecule is CC[C@H](CN[C@@H]1CCCS(=O)(=O)C1)Oc1ccccc1Cl. The lowest BCUT2D eigenvalue weighted by atomic mass is 10.1. The minimum atomic E-state index is -2.88. The van der Waals surface area contributed by atoms with Gasteiger partial charge in [0.1, 0.15) is 11.9 Å². The maximum atomic E-state index is 11.6. The second-order valence-corrected chi connectivity index (χ2v) is 8.08. The Balaban J connectivity index is 1.87. The molecule has 0 radical (unpaired) electrons. The molecule has 0 spiro atoms. The van der Waals surface area contributed by atoms with Crippen LogP contribution in [0.4, 0.5) is 0 Å². The molecule has 0 bridgehead atoms. The lowest BCUT2D eigenvalue weighted by molar-refractivity contribution is 0.188. The standard InChI is InChI=1S/C15H22ClNO3S/c1-2-13(20-15-8-4-3-7-14(15)16)10-17-12-6-5-9-21(18,19)11-12/h3-4,7-8,12-13,17H,2,5-6,9-11H2,1H3/t12-,13-/m1/s1. The summed E-state index contributed by atoms with van der Waals surface area (Å²) in [7, 11) is -2.88. The fourth-order valence-electron chi connectivity index (χ4n) is 2.47. The summed E-state index contributed by atoms with van der Waals surface area (Å²) in [5, 5.41) is 3.91. The van der Waals surface area contributed by atoms with E-state index in [0.29, 0.717) is 23.1 Å². The topological polar surface area (TPSA) is 55.4 Å². The summed E-state index contributed by atoms with van der Waals surface area (Å²) in [4.78, 5) is 0. The highest BCUT2D eigenvalue weighted by Gasteiger charge is 2.25. The summed E-state index contributed by atoms with van der Waals surface area (Å²) in [5.74, 6) is 1.22. The van der Waals surface area contributed by atoms with E-state index in [4.69, 9.17) is 16.3 Å². The fraction of sp³-hybridized carbons (Fsp3) is 0.600. The Labute approximate surface area is 131 Å². The van der Waals surface area contributed by atoms with Crippen molar-refractivity contribution in [2.75, 3.05) is 18.1 Å². The summed E-state index contributed by atoms with van der Waals surface area (Å²) >= 11 is 6.09. The molecule has 21 heavy (non-hydrogen) atoms. The number of rotatable bonds is 6. The molecule has 1 saturated heterocycles. The quantitative estimate of drug-likeness (QED) is 0.870. The van der Waals surface area contributed by atoms with Gasteiger partial charge in [-0.05, 0) is 31.4 Å². The number of hydrogen-bond donors (Lipinski definition) is 1. The van der Waals surface area contributed by atoms with Crippen LogP contribution < -0.4 is 10.1 Å². The first-order valence-corrected chi connectivity index (χ1v) is 9.55. The van der Waals surface area contributed by atoms with Gasteiger partial charge in [0, 0.05) is 12.6 Å². The number of para-hydroxylation sites is 1. The molecule has 0 saturated carbocycles. The van der Waals surface area contributed by atoms with E-state index in [1.54, 1.807) is 6.07 Å². The Kier molecular flexibility index (Phi) is 5.90. The Hall–Kier alpha value is -0.780. The third-order valence-electron chi connectivity index (χ3n) is 3.68. The van der Waals surface area contributed by atoms with Crippen LogP contribution in [0.3, 0.4) is 0 Å². The summed E-state index contributed by atoms with van der Waals surface area (Å²) in [6.45, 7) is 2.67. The van der Waals surface area contributed by atoms with E-state index >= 15 is 0 Å². The molecule has 0 amide bonds. The predicted octanol–water partition coefficient (Wildman–Crippen LogP) is 2.66. The van der Waals surface area contributed by atoms with Crippen molar-refractivity contribution in [3.05, 3.63) is 29.3 Å². The monoisotopic (exact) mass is 331 g/mol. The molecule has 0 unspecified atom stereocenters. The Morgan fingerprint density at radius 1 is 1.43 bits per heavy atom. The van der Waals surface area contributed by atoms with Crippen molar-refractivity contribution in [3.8, 4) is 5.75 Å². The molecule has 1 aliphatic rings. The van der Waals surface area contributed by atoms with Crippen LogP contribution in [0.1, 0.15) is 26.2 Å². The average Bonchev–Trinajstić information content (AvgIpc) is 2.44. The van der Waals surface area contributed by atoms with Crippen molar-refractivity contribution in [2.24, 2.45) is 0 Å². The zero-order valence-corrected chi connectivity index (χ0v) is 13.8. The van der Waals surface area contributed by atoms with Gasteiger partial charge in [0.05, 0.1) is 16.5 Å². The molecular weight excluding hydrogens is 310 g/mol. The summed E-state index contributed by atoms with van der Waals surface area (Å²) in [6.07, 6.45) is 2.45. The van der Waals surface area contributed by atoms with Crippen LogP contribution >= 0.6 is 11.6 Å². The molecule has 6 heteroatoms. The van der Waals surface area contributed by atoms with Gasteiger partial charge in [-0.25, -0.2) is 8.42 Å². The number of sulfone groups is 1. The smallest absolute Gasteiger partial charge is 0.151 e. The number of ether oxygens (including phenoxy) is 1. The number of nitrogens with one attached hydrogen (secondary N) is 1. The normalized spacial score (nSPS) is 22.7. The number of halogens is 1. The van der Waals surface area contributed by atoms with Crippen LogP contribution in [0.25, 0.3) is 0 Å². The Morgan fingerprint density at radius 3 is 2.86 bits per heavy atom. The van der Waals surface area contributed by atoms with Gasteiger partial charge in [0.15, 0.2) is 9.84 Å². The molecule has 1 aromatic carbocycles. The van der Waals surface area contributed by atoms with Gasteiger partial charge >= 0.3 is 0 Å². The third-order valence-corrected chi connectivity index (χ3v) is 5.82. The maximum absolute atomic E-state index is 11.6. The molecule has 1 N–H and O–H groups in total. The highest BCUT2D eigenvalue weighted by molar-refractivity contribution is 7.91. The van der Waals surface area contributed by atoms with Gasteiger partial charge in [-0.2, -0.15) is 0 Å². The minimum Gasteiger partial charge on any atom is -0.488 e. The second-order valence-electron chi connectivity index (χ2n) is 5.44. The average molecular weight is 332 g/mol. The minimum absolute atomic E-state index is 0.0190. The van der Waals surface area contributed by atoms with Crippen molar-refractivity contribution in [1.82, 2.24) is 5.32 Å². The van der Waals surface area contributed by atoms with Gasteiger partial charge < -0.3 is 10.1 Å². The molecule has 4 nitrogen and oxygen atoms in total. The molecule has 118 valence electrons. The van der Waals surface area contributed by atoms with Crippen LogP contribution in [0.5, 0.6) is 5.75 Å². The number of benzene rings is 1. The van der Waals surface area contributed by atoms with Crippen LogP contribution in [0.2, 0.25) is 5.02 Å². The Morgan fingerprint density at radius 2 is 2.19 bits per heavy atom. The van der Waals surface area contributed by atoms with E-state index in [0.717, 1.165) is 19.3 Å². The van der Waals surface area contributed by atoms with Crippen molar-refractivity contribution in [2.45, 2.75) is 38.3 Å². The molecule has 1 aliphatic heterocycles. The molecule has 0 aromatic heterocycles. The highest BCUT2D eigenvalue weighted by Crippen LogP contribution is 2.24. The van der Waals surface area contributed by atoms with E-state index < -0.39 is 9.84 Å². The summed E-state index contributed by atoms with van der Waals surface area (Å²) in [5.41, 5.74) is 0. The van der Waals surface area contributed by atoms with Gasteiger partial charge in [-0.15, -0.1) is 0 Å². The van der Waals surface area contributed by atoms with Gasteiger partial charge in [0.2, 0.25) is 0 Å². The molecule has 1 heterocycles. The molecule has 1 aromatic rings. The lowest BCUT2D eigenvalue weighted by Gasteiger charge is -2.26. The van der Waals surface area contributed by atoms with Crippen LogP contribution in [-0.2, 0) is 9.84 Å². The van der Waals surface area contributed by atoms with Gasteiger partial charge in [-0.3, -0.25) is 0 Å². The van der Waals surface area contributed by atoms with E-state index in [-0.39, 0.29) is 17.9 Å². The second kappa shape index (κ2) is 7.47. The van der Waals surface area contributed by atoms with Gasteiger partial charge in [-0.1, -0.05) is 30.7 Å². The van der Waals surface area contributed by atoms with Crippen molar-refractivity contribution >= 4 is 21.4 Å². The molecule has 1 fully saturated rings. The molecule has 2 rings (SSSR count). The molecule has 2 atom stereocenters. The van der Waals surface area contributed by atoms with Crippen LogP contribution in [0, 0.1) is 0 Å². The zero-order chi connectivity index (χ0) is 15.3. The lowest BCUT2D eigenvalue weighted by Crippen LogP contribution is -2.44. The van der Waals surface area contributed by atoms with Crippen molar-refractivity contribution in [1.29, 1.82) is 0 Å². The van der Waals surface area contributed by atoms with Crippen LogP contribution in [-0.4, -0.2) is 38.6 Å². The third kappa shape index (κ3) is 5.16. The first kappa shape index (κ1) is 16.6. The summed E-state index contributed by atoms with van der Waals surface area (Å²) < 4.78 is 29.1. The number of hydrogen-bond acceptors (Lipinski definition) is 4. The van der Waals surface area contributed by atoms with Crippen LogP contribution in [0.15, 0.2) is 24.3 Å². The first-order valence-electron chi connectivity index (χ1n) is 7.35. The van der Waals surface area contributed by atoms with E-state index in [2.05, 4.69) is 5.32 Å². The zero-order valence-electron chi connectivity index (χ0n) is 12.2. The molecular formula is C15H22ClNO3S. The summed E-state index contributed by atoms with van der Waals surface area (Å²) in [6, 6.07) is 7.42. The largest absolute Gasteiger partial charge is 0.488 e.